The number of alkyl halides is 1. The summed E-state index contributed by atoms with van der Waals surface area (Å²) >= 11 is 0. The molecule has 0 spiro atoms. The van der Waals surface area contributed by atoms with Gasteiger partial charge in [0.25, 0.3) is 5.91 Å². The van der Waals surface area contributed by atoms with Gasteiger partial charge in [0.2, 0.25) is 8.38 Å². The van der Waals surface area contributed by atoms with E-state index in [-0.39, 0.29) is 6.61 Å². The molecule has 0 aliphatic carbocycles. The van der Waals surface area contributed by atoms with E-state index in [0.29, 0.717) is 13.2 Å². The Morgan fingerprint density at radius 1 is 1.21 bits per heavy atom. The third-order valence-corrected chi connectivity index (χ3v) is 2.79. The molecule has 0 radical (unpaired) electrons. The Hall–Kier alpha value is -0.250. The highest BCUT2D eigenvalue weighted by Gasteiger charge is 2.31. The van der Waals surface area contributed by atoms with Gasteiger partial charge in [0.1, 0.15) is 0 Å². The quantitative estimate of drug-likeness (QED) is 0.493. The lowest BCUT2D eigenvalue weighted by molar-refractivity contribution is -0.146. The highest BCUT2D eigenvalue weighted by molar-refractivity contribution is 7.49. The van der Waals surface area contributed by atoms with Crippen LogP contribution in [0.25, 0.3) is 0 Å². The number of hydrogen-bond donors (Lipinski definition) is 0. The molecule has 14 heavy (non-hydrogen) atoms. The molecule has 0 aromatic carbocycles. The molecule has 0 fully saturated rings. The van der Waals surface area contributed by atoms with Crippen LogP contribution >= 0.6 is 8.38 Å². The van der Waals surface area contributed by atoms with E-state index in [1.54, 1.807) is 20.8 Å². The molecule has 0 saturated heterocycles. The van der Waals surface area contributed by atoms with Crippen molar-refractivity contribution in [3.05, 3.63) is 0 Å². The zero-order chi connectivity index (χ0) is 11.0. The molecule has 0 aromatic heterocycles. The summed E-state index contributed by atoms with van der Waals surface area (Å²) in [7, 11) is -1.81. The van der Waals surface area contributed by atoms with Crippen LogP contribution in [0.4, 0.5) is 4.39 Å². The van der Waals surface area contributed by atoms with E-state index >= 15 is 0 Å². The summed E-state index contributed by atoms with van der Waals surface area (Å²) in [5, 5.41) is 0. The molecule has 0 rings (SSSR count). The fourth-order valence-corrected chi connectivity index (χ4v) is 1.81. The van der Waals surface area contributed by atoms with Gasteiger partial charge in [-0.05, 0) is 20.8 Å². The van der Waals surface area contributed by atoms with Gasteiger partial charge in [-0.25, -0.2) is 9.18 Å². The predicted molar refractivity (Wildman–Crippen MR) is 51.7 cm³/mol. The molecule has 0 aliphatic rings. The second kappa shape index (κ2) is 8.09. The molecule has 1 atom stereocenters. The van der Waals surface area contributed by atoms with Crippen LogP contribution in [0.3, 0.4) is 0 Å². The first-order valence-corrected chi connectivity index (χ1v) is 5.77. The van der Waals surface area contributed by atoms with Gasteiger partial charge in [-0.3, -0.25) is 0 Å². The van der Waals surface area contributed by atoms with Crippen LogP contribution in [-0.2, 0) is 18.6 Å². The van der Waals surface area contributed by atoms with Crippen molar-refractivity contribution in [3.63, 3.8) is 0 Å². The third kappa shape index (κ3) is 4.84. The van der Waals surface area contributed by atoms with Crippen molar-refractivity contribution in [1.82, 2.24) is 0 Å². The Balaban J connectivity index is 4.11. The minimum absolute atomic E-state index is 0.153. The molecule has 1 unspecified atom stereocenters. The zero-order valence-electron chi connectivity index (χ0n) is 8.66. The van der Waals surface area contributed by atoms with E-state index in [2.05, 4.69) is 4.74 Å². The fourth-order valence-electron chi connectivity index (χ4n) is 0.720. The Labute approximate surface area is 84.6 Å². The second-order valence-corrected chi connectivity index (χ2v) is 3.75. The number of halogens is 1. The largest absolute Gasteiger partial charge is 0.463 e. The molecule has 0 N–H and O–H groups in total. The monoisotopic (exact) mass is 226 g/mol. The smallest absolute Gasteiger partial charge is 0.350 e. The molecule has 6 heteroatoms. The first kappa shape index (κ1) is 13.8. The number of rotatable bonds is 7. The summed E-state index contributed by atoms with van der Waals surface area (Å²) in [5.74, 6) is -2.73. The highest BCUT2D eigenvalue weighted by atomic mass is 31.2. The van der Waals surface area contributed by atoms with Crippen LogP contribution in [0, 0.1) is 0 Å². The van der Waals surface area contributed by atoms with Crippen LogP contribution in [0.2, 0.25) is 0 Å². The molecule has 0 aromatic rings. The third-order valence-electron chi connectivity index (χ3n) is 1.18. The molecule has 84 valence electrons. The van der Waals surface area contributed by atoms with E-state index in [9.17, 15) is 9.18 Å². The van der Waals surface area contributed by atoms with Crippen LogP contribution < -0.4 is 0 Å². The molecule has 0 heterocycles. The Morgan fingerprint density at radius 3 is 2.07 bits per heavy atom. The maximum atomic E-state index is 13.3. The van der Waals surface area contributed by atoms with Crippen molar-refractivity contribution in [1.29, 1.82) is 0 Å². The first-order valence-electron chi connectivity index (χ1n) is 4.53. The molecule has 4 nitrogen and oxygen atoms in total. The van der Waals surface area contributed by atoms with Gasteiger partial charge < -0.3 is 13.8 Å². The lowest BCUT2D eigenvalue weighted by atomic mass is 10.7. The van der Waals surface area contributed by atoms with Gasteiger partial charge in [-0.2, -0.15) is 0 Å². The summed E-state index contributed by atoms with van der Waals surface area (Å²) in [5.41, 5.74) is 0. The van der Waals surface area contributed by atoms with Crippen molar-refractivity contribution < 1.29 is 23.0 Å². The second-order valence-electron chi connectivity index (χ2n) is 2.21. The lowest BCUT2D eigenvalue weighted by Gasteiger charge is -2.17. The molecular weight excluding hydrogens is 210 g/mol. The van der Waals surface area contributed by atoms with Crippen molar-refractivity contribution >= 4 is 14.3 Å². The summed E-state index contributed by atoms with van der Waals surface area (Å²) in [6.07, 6.45) is 0. The number of carbonyl (C=O) groups excluding carboxylic acids is 1. The maximum absolute atomic E-state index is 13.3. The SMILES string of the molecule is CCOC(=O)C(F)P(OCC)OCC. The Kier molecular flexibility index (Phi) is 7.95. The Bertz CT molecular complexity index is 161. The van der Waals surface area contributed by atoms with E-state index in [0.717, 1.165) is 0 Å². The fraction of sp³-hybridized carbons (Fsp3) is 0.875. The van der Waals surface area contributed by atoms with Crippen molar-refractivity contribution in [2.24, 2.45) is 0 Å². The Morgan fingerprint density at radius 2 is 1.71 bits per heavy atom. The van der Waals surface area contributed by atoms with E-state index in [1.807, 2.05) is 0 Å². The van der Waals surface area contributed by atoms with Crippen molar-refractivity contribution in [2.75, 3.05) is 19.8 Å². The van der Waals surface area contributed by atoms with Gasteiger partial charge in [0.05, 0.1) is 19.8 Å². The zero-order valence-corrected chi connectivity index (χ0v) is 9.55. The number of hydrogen-bond acceptors (Lipinski definition) is 4. The van der Waals surface area contributed by atoms with Gasteiger partial charge in [0.15, 0.2) is 0 Å². The molecule has 0 saturated carbocycles. The van der Waals surface area contributed by atoms with E-state index < -0.39 is 20.3 Å². The van der Waals surface area contributed by atoms with Crippen LogP contribution in [0.15, 0.2) is 0 Å². The first-order chi connectivity index (χ1) is 6.67. The van der Waals surface area contributed by atoms with Crippen LogP contribution in [0.5, 0.6) is 0 Å². The van der Waals surface area contributed by atoms with Crippen LogP contribution in [-0.4, -0.2) is 31.7 Å². The standard InChI is InChI=1S/C8H16FO4P/c1-4-11-8(10)7(9)14(12-5-2)13-6-3/h7H,4-6H2,1-3H3. The van der Waals surface area contributed by atoms with Gasteiger partial charge in [-0.15, -0.1) is 0 Å². The average molecular weight is 226 g/mol. The normalized spacial score (nSPS) is 12.9. The minimum Gasteiger partial charge on any atom is -0.463 e. The van der Waals surface area contributed by atoms with Crippen LogP contribution in [0.1, 0.15) is 20.8 Å². The summed E-state index contributed by atoms with van der Waals surface area (Å²) in [6, 6.07) is 0. The minimum atomic E-state index is -1.81. The number of esters is 1. The molecule has 0 bridgehead atoms. The van der Waals surface area contributed by atoms with Crippen molar-refractivity contribution in [2.45, 2.75) is 26.7 Å². The van der Waals surface area contributed by atoms with Gasteiger partial charge in [-0.1, -0.05) is 0 Å². The van der Waals surface area contributed by atoms with Gasteiger partial charge in [0, 0.05) is 0 Å². The number of carbonyl (C=O) groups is 1. The maximum Gasteiger partial charge on any atom is 0.350 e. The molecule has 0 aliphatic heterocycles. The lowest BCUT2D eigenvalue weighted by Crippen LogP contribution is -2.19. The summed E-state index contributed by atoms with van der Waals surface area (Å²) in [6.45, 7) is 5.82. The van der Waals surface area contributed by atoms with Crippen molar-refractivity contribution in [3.8, 4) is 0 Å². The molecule has 0 amide bonds. The predicted octanol–water partition coefficient (Wildman–Crippen LogP) is 2.23. The molecular formula is C8H16FO4P. The summed E-state index contributed by atoms with van der Waals surface area (Å²) in [4.78, 5) is 11.0. The van der Waals surface area contributed by atoms with E-state index in [1.165, 1.54) is 0 Å². The summed E-state index contributed by atoms with van der Waals surface area (Å²) < 4.78 is 27.8. The van der Waals surface area contributed by atoms with Gasteiger partial charge >= 0.3 is 5.97 Å². The highest BCUT2D eigenvalue weighted by Crippen LogP contribution is 2.44. The number of ether oxygens (including phenoxy) is 1. The topological polar surface area (TPSA) is 44.8 Å². The average Bonchev–Trinajstić information content (AvgIpc) is 2.17. The van der Waals surface area contributed by atoms with E-state index in [4.69, 9.17) is 9.05 Å².